The van der Waals surface area contributed by atoms with E-state index in [1.54, 1.807) is 19.2 Å². The Balaban J connectivity index is 2.69. The molecule has 0 bridgehead atoms. The van der Waals surface area contributed by atoms with Gasteiger partial charge in [-0.2, -0.15) is 0 Å². The van der Waals surface area contributed by atoms with Crippen LogP contribution in [0.25, 0.3) is 0 Å². The summed E-state index contributed by atoms with van der Waals surface area (Å²) in [7, 11) is 1.75. The molecule has 3 heteroatoms. The molecule has 0 spiro atoms. The van der Waals surface area contributed by atoms with Gasteiger partial charge in [0.1, 0.15) is 5.82 Å². The summed E-state index contributed by atoms with van der Waals surface area (Å²) < 4.78 is 12.3. The van der Waals surface area contributed by atoms with Gasteiger partial charge in [-0.25, -0.2) is 9.82 Å². The molecule has 2 N–H and O–H groups in total. The number of rotatable bonds is 2. The summed E-state index contributed by atoms with van der Waals surface area (Å²) in [5, 5.41) is 0. The van der Waals surface area contributed by atoms with Crippen LogP contribution >= 0.6 is 0 Å². The Hall–Kier alpha value is -1.09. The fourth-order valence-electron chi connectivity index (χ4n) is 0.678. The van der Waals surface area contributed by atoms with E-state index in [9.17, 15) is 4.39 Å². The lowest BCUT2D eigenvalue weighted by Crippen LogP contribution is -2.14. The first-order chi connectivity index (χ1) is 4.83. The Bertz CT molecular complexity index is 195. The normalized spacial score (nSPS) is 9.40. The van der Waals surface area contributed by atoms with Crippen LogP contribution in [-0.4, -0.2) is 7.05 Å². The van der Waals surface area contributed by atoms with E-state index in [4.69, 9.17) is 0 Å². The zero-order valence-corrected chi connectivity index (χ0v) is 5.69. The first-order valence-electron chi connectivity index (χ1n) is 3.01. The SMILES string of the molecule is CNNc1ccc(F)cc1. The topological polar surface area (TPSA) is 24.1 Å². The third-order valence-corrected chi connectivity index (χ3v) is 1.11. The average molecular weight is 140 g/mol. The molecule has 0 amide bonds. The van der Waals surface area contributed by atoms with Gasteiger partial charge in [0.2, 0.25) is 0 Å². The highest BCUT2D eigenvalue weighted by molar-refractivity contribution is 5.41. The molecule has 0 radical (unpaired) electrons. The second-order valence-corrected chi connectivity index (χ2v) is 1.88. The van der Waals surface area contributed by atoms with Crippen molar-refractivity contribution in [3.8, 4) is 0 Å². The first-order valence-corrected chi connectivity index (χ1v) is 3.01. The maximum absolute atomic E-state index is 12.3. The summed E-state index contributed by atoms with van der Waals surface area (Å²) in [5.41, 5.74) is 6.40. The van der Waals surface area contributed by atoms with Crippen molar-refractivity contribution in [2.45, 2.75) is 0 Å². The minimum Gasteiger partial charge on any atom is -0.322 e. The summed E-state index contributed by atoms with van der Waals surface area (Å²) in [6.45, 7) is 0. The van der Waals surface area contributed by atoms with E-state index in [-0.39, 0.29) is 5.82 Å². The predicted molar refractivity (Wildman–Crippen MR) is 39.1 cm³/mol. The Labute approximate surface area is 59.0 Å². The predicted octanol–water partition coefficient (Wildman–Crippen LogP) is 1.37. The summed E-state index contributed by atoms with van der Waals surface area (Å²) in [6, 6.07) is 6.12. The average Bonchev–Trinajstić information content (AvgIpc) is 1.95. The minimum atomic E-state index is -0.221. The van der Waals surface area contributed by atoms with Gasteiger partial charge in [0.15, 0.2) is 0 Å². The van der Waals surface area contributed by atoms with Crippen molar-refractivity contribution in [1.29, 1.82) is 0 Å². The maximum atomic E-state index is 12.3. The van der Waals surface area contributed by atoms with Crippen LogP contribution in [0.15, 0.2) is 24.3 Å². The molecule has 0 aliphatic carbocycles. The van der Waals surface area contributed by atoms with Gasteiger partial charge in [-0.1, -0.05) is 0 Å². The first kappa shape index (κ1) is 7.02. The lowest BCUT2D eigenvalue weighted by molar-refractivity contribution is 0.628. The van der Waals surface area contributed by atoms with Crippen molar-refractivity contribution in [3.63, 3.8) is 0 Å². The number of benzene rings is 1. The summed E-state index contributed by atoms with van der Waals surface area (Å²) in [5.74, 6) is -0.221. The van der Waals surface area contributed by atoms with Gasteiger partial charge in [-0.15, -0.1) is 0 Å². The van der Waals surface area contributed by atoms with E-state index >= 15 is 0 Å². The van der Waals surface area contributed by atoms with E-state index < -0.39 is 0 Å². The fourth-order valence-corrected chi connectivity index (χ4v) is 0.678. The number of anilines is 1. The Kier molecular flexibility index (Phi) is 2.23. The summed E-state index contributed by atoms with van der Waals surface area (Å²) >= 11 is 0. The Morgan fingerprint density at radius 2 is 1.80 bits per heavy atom. The molecular weight excluding hydrogens is 131 g/mol. The van der Waals surface area contributed by atoms with Gasteiger partial charge >= 0.3 is 0 Å². The van der Waals surface area contributed by atoms with Crippen LogP contribution in [0.4, 0.5) is 10.1 Å². The zero-order chi connectivity index (χ0) is 7.40. The van der Waals surface area contributed by atoms with E-state index in [0.717, 1.165) is 5.69 Å². The summed E-state index contributed by atoms with van der Waals surface area (Å²) in [6.07, 6.45) is 0. The molecule has 10 heavy (non-hydrogen) atoms. The highest BCUT2D eigenvalue weighted by atomic mass is 19.1. The molecule has 0 aromatic heterocycles. The fraction of sp³-hybridized carbons (Fsp3) is 0.143. The molecule has 0 aliphatic rings. The second kappa shape index (κ2) is 3.17. The number of hydrogen-bond acceptors (Lipinski definition) is 2. The van der Waals surface area contributed by atoms with Crippen molar-refractivity contribution in [2.75, 3.05) is 12.5 Å². The van der Waals surface area contributed by atoms with Crippen LogP contribution in [0.5, 0.6) is 0 Å². The van der Waals surface area contributed by atoms with Crippen molar-refractivity contribution in [2.24, 2.45) is 0 Å². The molecule has 0 heterocycles. The summed E-state index contributed by atoms with van der Waals surface area (Å²) in [4.78, 5) is 0. The van der Waals surface area contributed by atoms with Crippen LogP contribution in [-0.2, 0) is 0 Å². The molecule has 1 rings (SSSR count). The molecule has 0 unspecified atom stereocenters. The smallest absolute Gasteiger partial charge is 0.123 e. The van der Waals surface area contributed by atoms with Crippen molar-refractivity contribution in [3.05, 3.63) is 30.1 Å². The molecule has 1 aromatic rings. The molecule has 0 saturated heterocycles. The number of halogens is 1. The molecule has 1 aromatic carbocycles. The van der Waals surface area contributed by atoms with Gasteiger partial charge < -0.3 is 5.43 Å². The zero-order valence-electron chi connectivity index (χ0n) is 5.69. The largest absolute Gasteiger partial charge is 0.322 e. The monoisotopic (exact) mass is 140 g/mol. The molecular formula is C7H9FN2. The number of nitrogens with one attached hydrogen (secondary N) is 2. The highest BCUT2D eigenvalue weighted by Crippen LogP contribution is 2.05. The third-order valence-electron chi connectivity index (χ3n) is 1.11. The van der Waals surface area contributed by atoms with Crippen LogP contribution in [0.3, 0.4) is 0 Å². The van der Waals surface area contributed by atoms with Crippen molar-refractivity contribution in [1.82, 2.24) is 5.43 Å². The van der Waals surface area contributed by atoms with Crippen LogP contribution in [0.2, 0.25) is 0 Å². The molecule has 54 valence electrons. The van der Waals surface area contributed by atoms with E-state index in [1.807, 2.05) is 0 Å². The lowest BCUT2D eigenvalue weighted by atomic mass is 10.3. The highest BCUT2D eigenvalue weighted by Gasteiger charge is 1.88. The van der Waals surface area contributed by atoms with Gasteiger partial charge in [0.25, 0.3) is 0 Å². The van der Waals surface area contributed by atoms with E-state index in [1.165, 1.54) is 12.1 Å². The Morgan fingerprint density at radius 3 is 2.30 bits per heavy atom. The second-order valence-electron chi connectivity index (χ2n) is 1.88. The minimum absolute atomic E-state index is 0.221. The number of hydrazine groups is 1. The maximum Gasteiger partial charge on any atom is 0.123 e. The van der Waals surface area contributed by atoms with Crippen molar-refractivity contribution < 1.29 is 4.39 Å². The van der Waals surface area contributed by atoms with Gasteiger partial charge in [-0.3, -0.25) is 0 Å². The van der Waals surface area contributed by atoms with Gasteiger partial charge in [0, 0.05) is 12.7 Å². The quantitative estimate of drug-likeness (QED) is 0.606. The number of hydrogen-bond donors (Lipinski definition) is 2. The molecule has 0 aliphatic heterocycles. The van der Waals surface area contributed by atoms with E-state index in [2.05, 4.69) is 10.9 Å². The van der Waals surface area contributed by atoms with Crippen LogP contribution in [0.1, 0.15) is 0 Å². The van der Waals surface area contributed by atoms with Crippen molar-refractivity contribution >= 4 is 5.69 Å². The van der Waals surface area contributed by atoms with Gasteiger partial charge in [0.05, 0.1) is 0 Å². The van der Waals surface area contributed by atoms with Crippen LogP contribution in [0, 0.1) is 5.82 Å². The standard InChI is InChI=1S/C7H9FN2/c1-9-10-7-4-2-6(8)3-5-7/h2-5,9-10H,1H3. The van der Waals surface area contributed by atoms with Crippen LogP contribution < -0.4 is 10.9 Å². The lowest BCUT2D eigenvalue weighted by Gasteiger charge is -2.01. The third kappa shape index (κ3) is 1.70. The molecule has 0 saturated carbocycles. The molecule has 2 nitrogen and oxygen atoms in total. The van der Waals surface area contributed by atoms with E-state index in [0.29, 0.717) is 0 Å². The Morgan fingerprint density at radius 1 is 1.20 bits per heavy atom. The van der Waals surface area contributed by atoms with Gasteiger partial charge in [-0.05, 0) is 24.3 Å². The molecule has 0 atom stereocenters. The molecule has 0 fully saturated rings.